The summed E-state index contributed by atoms with van der Waals surface area (Å²) in [5.41, 5.74) is 0. The van der Waals surface area contributed by atoms with E-state index in [4.69, 9.17) is 5.11 Å². The number of carboxylic acids is 1. The Kier molecular flexibility index (Phi) is 4.29. The topological polar surface area (TPSA) is 69.6 Å². The largest absolute Gasteiger partial charge is 0.481 e. The molecule has 5 nitrogen and oxygen atoms in total. The molecule has 92 valence electrons. The maximum Gasteiger partial charge on any atom is 0.307 e. The molecule has 2 N–H and O–H groups in total. The van der Waals surface area contributed by atoms with Crippen LogP contribution in [-0.2, 0) is 9.59 Å². The van der Waals surface area contributed by atoms with Crippen LogP contribution in [0.1, 0.15) is 20.3 Å². The first-order valence-electron chi connectivity index (χ1n) is 5.64. The van der Waals surface area contributed by atoms with Crippen molar-refractivity contribution in [1.29, 1.82) is 0 Å². The average molecular weight is 228 g/mol. The monoisotopic (exact) mass is 228 g/mol. The molecule has 1 amide bonds. The number of carbonyl (C=O) groups is 2. The van der Waals surface area contributed by atoms with Crippen LogP contribution in [0.5, 0.6) is 0 Å². The lowest BCUT2D eigenvalue weighted by atomic mass is 10.3. The molecule has 0 aromatic carbocycles. The number of rotatable bonds is 6. The minimum atomic E-state index is -0.862. The fourth-order valence-electron chi connectivity index (χ4n) is 1.50. The van der Waals surface area contributed by atoms with Crippen molar-refractivity contribution in [1.82, 2.24) is 10.2 Å². The predicted molar refractivity (Wildman–Crippen MR) is 60.0 cm³/mol. The van der Waals surface area contributed by atoms with Crippen molar-refractivity contribution in [2.24, 2.45) is 11.8 Å². The summed E-state index contributed by atoms with van der Waals surface area (Å²) >= 11 is 0. The summed E-state index contributed by atoms with van der Waals surface area (Å²) in [6.45, 7) is 5.54. The minimum absolute atomic E-state index is 0.121. The summed E-state index contributed by atoms with van der Waals surface area (Å²) in [4.78, 5) is 24.2. The van der Waals surface area contributed by atoms with Gasteiger partial charge in [-0.05, 0) is 27.3 Å². The molecule has 2 atom stereocenters. The van der Waals surface area contributed by atoms with E-state index in [0.717, 1.165) is 6.54 Å². The van der Waals surface area contributed by atoms with Gasteiger partial charge in [0.15, 0.2) is 0 Å². The summed E-state index contributed by atoms with van der Waals surface area (Å²) in [5, 5.41) is 11.4. The Balaban J connectivity index is 2.15. The lowest BCUT2D eigenvalue weighted by molar-refractivity contribution is -0.140. The van der Waals surface area contributed by atoms with Gasteiger partial charge in [0.1, 0.15) is 0 Å². The summed E-state index contributed by atoms with van der Waals surface area (Å²) in [6, 6.07) is 0.449. The van der Waals surface area contributed by atoms with E-state index in [1.54, 1.807) is 0 Å². The molecular weight excluding hydrogens is 208 g/mol. The van der Waals surface area contributed by atoms with Gasteiger partial charge in [-0.1, -0.05) is 0 Å². The number of hydrogen-bond acceptors (Lipinski definition) is 3. The average Bonchev–Trinajstić information content (AvgIpc) is 2.96. The molecule has 5 heteroatoms. The van der Waals surface area contributed by atoms with Crippen LogP contribution in [0, 0.1) is 11.8 Å². The Labute approximate surface area is 95.8 Å². The first-order valence-corrected chi connectivity index (χ1v) is 5.64. The summed E-state index contributed by atoms with van der Waals surface area (Å²) < 4.78 is 0. The highest BCUT2D eigenvalue weighted by molar-refractivity contribution is 5.89. The van der Waals surface area contributed by atoms with Crippen LogP contribution in [-0.4, -0.2) is 48.1 Å². The van der Waals surface area contributed by atoms with E-state index < -0.39 is 11.9 Å². The van der Waals surface area contributed by atoms with Crippen LogP contribution in [0.4, 0.5) is 0 Å². The third-order valence-electron chi connectivity index (χ3n) is 3.09. The van der Waals surface area contributed by atoms with Gasteiger partial charge in [0.25, 0.3) is 0 Å². The van der Waals surface area contributed by atoms with Gasteiger partial charge >= 0.3 is 5.97 Å². The minimum Gasteiger partial charge on any atom is -0.481 e. The quantitative estimate of drug-likeness (QED) is 0.679. The fourth-order valence-corrected chi connectivity index (χ4v) is 1.50. The molecule has 16 heavy (non-hydrogen) atoms. The number of aliphatic carboxylic acids is 1. The maximum atomic E-state index is 11.5. The zero-order chi connectivity index (χ0) is 12.3. The number of amides is 1. The van der Waals surface area contributed by atoms with Crippen LogP contribution in [0.2, 0.25) is 0 Å². The van der Waals surface area contributed by atoms with E-state index >= 15 is 0 Å². The Hall–Kier alpha value is -1.10. The molecule has 0 radical (unpaired) electrons. The van der Waals surface area contributed by atoms with Gasteiger partial charge < -0.3 is 15.3 Å². The van der Waals surface area contributed by atoms with E-state index in [0.29, 0.717) is 19.0 Å². The molecule has 1 fully saturated rings. The summed E-state index contributed by atoms with van der Waals surface area (Å²) in [5.74, 6) is -1.74. The second-order valence-corrected chi connectivity index (χ2v) is 4.65. The maximum absolute atomic E-state index is 11.5. The molecule has 2 unspecified atom stereocenters. The molecule has 1 aliphatic carbocycles. The molecule has 0 saturated heterocycles. The molecule has 0 heterocycles. The van der Waals surface area contributed by atoms with Crippen molar-refractivity contribution in [3.05, 3.63) is 0 Å². The second kappa shape index (κ2) is 5.30. The molecule has 1 saturated carbocycles. The van der Waals surface area contributed by atoms with Crippen molar-refractivity contribution in [2.75, 3.05) is 20.1 Å². The van der Waals surface area contributed by atoms with Gasteiger partial charge in [-0.2, -0.15) is 0 Å². The smallest absolute Gasteiger partial charge is 0.307 e. The van der Waals surface area contributed by atoms with Crippen molar-refractivity contribution in [3.8, 4) is 0 Å². The van der Waals surface area contributed by atoms with Crippen molar-refractivity contribution in [2.45, 2.75) is 26.3 Å². The van der Waals surface area contributed by atoms with Crippen LogP contribution in [0.15, 0.2) is 0 Å². The lowest BCUT2D eigenvalue weighted by Crippen LogP contribution is -2.37. The van der Waals surface area contributed by atoms with Crippen LogP contribution >= 0.6 is 0 Å². The zero-order valence-electron chi connectivity index (χ0n) is 10.1. The molecule has 1 aliphatic rings. The molecule has 0 aliphatic heterocycles. The third-order valence-corrected chi connectivity index (χ3v) is 3.09. The highest BCUT2D eigenvalue weighted by Crippen LogP contribution is 2.38. The van der Waals surface area contributed by atoms with Gasteiger partial charge in [0.2, 0.25) is 5.91 Å². The highest BCUT2D eigenvalue weighted by Gasteiger charge is 2.48. The Morgan fingerprint density at radius 1 is 1.44 bits per heavy atom. The van der Waals surface area contributed by atoms with E-state index in [9.17, 15) is 9.59 Å². The van der Waals surface area contributed by atoms with Gasteiger partial charge in [0, 0.05) is 19.1 Å². The van der Waals surface area contributed by atoms with Crippen molar-refractivity contribution >= 4 is 11.9 Å². The van der Waals surface area contributed by atoms with E-state index in [1.165, 1.54) is 0 Å². The van der Waals surface area contributed by atoms with Crippen LogP contribution in [0.3, 0.4) is 0 Å². The Morgan fingerprint density at radius 2 is 2.06 bits per heavy atom. The number of likely N-dealkylation sites (N-methyl/N-ethyl adjacent to an activating group) is 1. The van der Waals surface area contributed by atoms with Gasteiger partial charge in [-0.3, -0.25) is 9.59 Å². The predicted octanol–water partition coefficient (Wildman–Crippen LogP) is 0.164. The SMILES string of the molecule is CC(C)N(C)CCNC(=O)C1CC1C(=O)O. The zero-order valence-corrected chi connectivity index (χ0v) is 10.1. The third kappa shape index (κ3) is 3.48. The Bertz CT molecular complexity index is 278. The number of carbonyl (C=O) groups excluding carboxylic acids is 1. The van der Waals surface area contributed by atoms with Crippen molar-refractivity contribution in [3.63, 3.8) is 0 Å². The molecule has 0 bridgehead atoms. The normalized spacial score (nSPS) is 23.6. The number of nitrogens with one attached hydrogen (secondary N) is 1. The first kappa shape index (κ1) is 13.0. The lowest BCUT2D eigenvalue weighted by Gasteiger charge is -2.20. The number of carboxylic acid groups (broad SMARTS) is 1. The van der Waals surface area contributed by atoms with E-state index in [1.807, 2.05) is 7.05 Å². The van der Waals surface area contributed by atoms with Gasteiger partial charge in [0.05, 0.1) is 11.8 Å². The summed E-state index contributed by atoms with van der Waals surface area (Å²) in [7, 11) is 1.99. The van der Waals surface area contributed by atoms with E-state index in [-0.39, 0.29) is 11.8 Å². The fraction of sp³-hybridized carbons (Fsp3) is 0.818. The van der Waals surface area contributed by atoms with Gasteiger partial charge in [-0.15, -0.1) is 0 Å². The molecule has 0 aromatic heterocycles. The highest BCUT2D eigenvalue weighted by atomic mass is 16.4. The standard InChI is InChI=1S/C11H20N2O3/c1-7(2)13(3)5-4-12-10(14)8-6-9(8)11(15)16/h7-9H,4-6H2,1-3H3,(H,12,14)(H,15,16). The van der Waals surface area contributed by atoms with Crippen molar-refractivity contribution < 1.29 is 14.7 Å². The number of nitrogens with zero attached hydrogens (tertiary/aromatic N) is 1. The molecular formula is C11H20N2O3. The molecule has 0 spiro atoms. The summed E-state index contributed by atoms with van der Waals surface area (Å²) in [6.07, 6.45) is 0.487. The molecule has 0 aromatic rings. The Morgan fingerprint density at radius 3 is 2.50 bits per heavy atom. The molecule has 1 rings (SSSR count). The first-order chi connectivity index (χ1) is 7.43. The van der Waals surface area contributed by atoms with Crippen LogP contribution < -0.4 is 5.32 Å². The van der Waals surface area contributed by atoms with Crippen LogP contribution in [0.25, 0.3) is 0 Å². The number of hydrogen-bond donors (Lipinski definition) is 2. The van der Waals surface area contributed by atoms with E-state index in [2.05, 4.69) is 24.1 Å². The van der Waals surface area contributed by atoms with Gasteiger partial charge in [-0.25, -0.2) is 0 Å². The second-order valence-electron chi connectivity index (χ2n) is 4.65.